The number of benzene rings is 2. The first kappa shape index (κ1) is 19.0. The Hall–Kier alpha value is -2.32. The van der Waals surface area contributed by atoms with Crippen LogP contribution < -0.4 is 5.32 Å². The van der Waals surface area contributed by atoms with Crippen molar-refractivity contribution in [2.45, 2.75) is 29.1 Å². The number of hydrogen-bond acceptors (Lipinski definition) is 4. The number of thioether (sulfide) groups is 2. The summed E-state index contributed by atoms with van der Waals surface area (Å²) in [5, 5.41) is 7.59. The van der Waals surface area contributed by atoms with Crippen molar-refractivity contribution in [3.05, 3.63) is 70.9 Å². The Morgan fingerprint density at radius 1 is 1.18 bits per heavy atom. The minimum absolute atomic E-state index is 0.226. The molecule has 2 heterocycles. The molecule has 1 aliphatic rings. The van der Waals surface area contributed by atoms with Gasteiger partial charge in [-0.05, 0) is 31.2 Å². The van der Waals surface area contributed by atoms with E-state index in [1.165, 1.54) is 6.07 Å². The number of hydrogen-bond donors (Lipinski definition) is 1. The molecule has 0 aliphatic carbocycles. The summed E-state index contributed by atoms with van der Waals surface area (Å²) >= 11 is 2.11. The summed E-state index contributed by atoms with van der Waals surface area (Å²) in [5.74, 6) is -0.867. The highest BCUT2D eigenvalue weighted by Crippen LogP contribution is 2.37. The summed E-state index contributed by atoms with van der Waals surface area (Å²) in [7, 11) is 0. The zero-order valence-corrected chi connectivity index (χ0v) is 16.6. The van der Waals surface area contributed by atoms with E-state index in [4.69, 9.17) is 0 Å². The Morgan fingerprint density at radius 2 is 1.93 bits per heavy atom. The maximum Gasteiger partial charge on any atom is 0.288 e. The quantitative estimate of drug-likeness (QED) is 0.557. The monoisotopic (exact) mass is 417 g/mol. The number of aromatic nitrogens is 2. The molecule has 0 saturated heterocycles. The number of aryl methyl sites for hydroxylation is 1. The molecule has 1 N–H and O–H groups in total. The minimum atomic E-state index is -2.59. The molecule has 1 aliphatic heterocycles. The number of halogens is 2. The number of carbonyl (C=O) groups excluding carboxylic acids is 1. The van der Waals surface area contributed by atoms with Crippen LogP contribution in [0.5, 0.6) is 0 Å². The summed E-state index contributed by atoms with van der Waals surface area (Å²) in [4.78, 5) is 13.2. The van der Waals surface area contributed by atoms with Crippen molar-refractivity contribution in [3.8, 4) is 5.69 Å². The molecule has 0 radical (unpaired) electrons. The van der Waals surface area contributed by atoms with Crippen molar-refractivity contribution in [1.29, 1.82) is 0 Å². The Bertz CT molecular complexity index is 1020. The molecular formula is C20H17F2N3OS2. The van der Waals surface area contributed by atoms with E-state index >= 15 is 0 Å². The first-order valence-electron chi connectivity index (χ1n) is 8.63. The van der Waals surface area contributed by atoms with Gasteiger partial charge >= 0.3 is 0 Å². The fourth-order valence-electron chi connectivity index (χ4n) is 3.04. The normalized spacial score (nSPS) is 13.0. The second-order valence-corrected chi connectivity index (χ2v) is 8.36. The second-order valence-electron chi connectivity index (χ2n) is 6.34. The number of anilines is 1. The van der Waals surface area contributed by atoms with Crippen LogP contribution in [0.3, 0.4) is 0 Å². The number of nitrogens with zero attached hydrogens (tertiary/aromatic N) is 2. The van der Waals surface area contributed by atoms with Gasteiger partial charge in [-0.3, -0.25) is 4.79 Å². The largest absolute Gasteiger partial charge is 0.306 e. The fraction of sp³-hybridized carbons (Fsp3) is 0.200. The van der Waals surface area contributed by atoms with E-state index in [1.54, 1.807) is 34.6 Å². The molecule has 0 fully saturated rings. The maximum atomic E-state index is 12.9. The topological polar surface area (TPSA) is 46.9 Å². The first-order valence-corrected chi connectivity index (χ1v) is 10.7. The van der Waals surface area contributed by atoms with E-state index in [0.29, 0.717) is 17.6 Å². The highest BCUT2D eigenvalue weighted by Gasteiger charge is 2.26. The van der Waals surface area contributed by atoms with Gasteiger partial charge in [0.2, 0.25) is 0 Å². The predicted molar refractivity (Wildman–Crippen MR) is 110 cm³/mol. The number of alkyl halides is 2. The molecule has 1 amide bonds. The molecule has 4 nitrogen and oxygen atoms in total. The standard InChI is InChI=1S/C20H17F2N3OS2/c1-12-6-8-13(9-7-12)25-18(15-10-27-11-16(15)24-25)23-19(26)14-4-2-3-5-17(14)28-20(21)22/h2-9,20H,10-11H2,1H3,(H,23,26). The molecule has 144 valence electrons. The highest BCUT2D eigenvalue weighted by molar-refractivity contribution is 7.99. The van der Waals surface area contributed by atoms with Gasteiger partial charge < -0.3 is 5.32 Å². The van der Waals surface area contributed by atoms with E-state index in [0.717, 1.165) is 34.0 Å². The zero-order chi connectivity index (χ0) is 19.7. The van der Waals surface area contributed by atoms with Crippen molar-refractivity contribution in [2.75, 3.05) is 5.32 Å². The summed E-state index contributed by atoms with van der Waals surface area (Å²) < 4.78 is 27.4. The fourth-order valence-corrected chi connectivity index (χ4v) is 4.71. The summed E-state index contributed by atoms with van der Waals surface area (Å²) in [5.41, 5.74) is 4.12. The van der Waals surface area contributed by atoms with Crippen molar-refractivity contribution in [1.82, 2.24) is 9.78 Å². The van der Waals surface area contributed by atoms with E-state index < -0.39 is 11.7 Å². The lowest BCUT2D eigenvalue weighted by atomic mass is 10.2. The first-order chi connectivity index (χ1) is 13.5. The van der Waals surface area contributed by atoms with Crippen LogP contribution in [0.25, 0.3) is 5.69 Å². The number of rotatable bonds is 5. The van der Waals surface area contributed by atoms with Gasteiger partial charge in [0.25, 0.3) is 11.7 Å². The molecule has 0 unspecified atom stereocenters. The molecule has 2 aromatic carbocycles. The third kappa shape index (κ3) is 3.79. The molecule has 3 aromatic rings. The molecule has 1 aromatic heterocycles. The second kappa shape index (κ2) is 7.97. The summed E-state index contributed by atoms with van der Waals surface area (Å²) in [6, 6.07) is 14.3. The average Bonchev–Trinajstić information content (AvgIpc) is 3.25. The Labute approximate surface area is 169 Å². The van der Waals surface area contributed by atoms with Crippen LogP contribution in [-0.2, 0) is 11.5 Å². The number of fused-ring (bicyclic) bond motifs is 1. The number of nitrogens with one attached hydrogen (secondary N) is 1. The van der Waals surface area contributed by atoms with Crippen LogP contribution in [0.4, 0.5) is 14.6 Å². The van der Waals surface area contributed by atoms with E-state index in [9.17, 15) is 13.6 Å². The highest BCUT2D eigenvalue weighted by atomic mass is 32.2. The predicted octanol–water partition coefficient (Wildman–Crippen LogP) is 5.49. The van der Waals surface area contributed by atoms with Crippen LogP contribution in [0.1, 0.15) is 27.2 Å². The molecule has 0 atom stereocenters. The smallest absolute Gasteiger partial charge is 0.288 e. The Morgan fingerprint density at radius 3 is 2.68 bits per heavy atom. The van der Waals surface area contributed by atoms with Gasteiger partial charge in [0.1, 0.15) is 5.82 Å². The van der Waals surface area contributed by atoms with Crippen molar-refractivity contribution >= 4 is 35.2 Å². The third-order valence-electron chi connectivity index (χ3n) is 4.41. The van der Waals surface area contributed by atoms with Crippen molar-refractivity contribution in [2.24, 2.45) is 0 Å². The lowest BCUT2D eigenvalue weighted by Crippen LogP contribution is -2.17. The lowest BCUT2D eigenvalue weighted by molar-refractivity contribution is 0.102. The van der Waals surface area contributed by atoms with Crippen molar-refractivity contribution in [3.63, 3.8) is 0 Å². The van der Waals surface area contributed by atoms with Crippen LogP contribution in [0.2, 0.25) is 0 Å². The van der Waals surface area contributed by atoms with Gasteiger partial charge in [0.15, 0.2) is 0 Å². The Balaban J connectivity index is 1.70. The van der Waals surface area contributed by atoms with Gasteiger partial charge in [0, 0.05) is 22.0 Å². The minimum Gasteiger partial charge on any atom is -0.306 e. The number of amides is 1. The van der Waals surface area contributed by atoms with Crippen LogP contribution >= 0.6 is 23.5 Å². The van der Waals surface area contributed by atoms with Gasteiger partial charge in [-0.2, -0.15) is 25.6 Å². The van der Waals surface area contributed by atoms with Gasteiger partial charge in [0.05, 0.1) is 16.9 Å². The average molecular weight is 418 g/mol. The van der Waals surface area contributed by atoms with Crippen molar-refractivity contribution < 1.29 is 13.6 Å². The summed E-state index contributed by atoms with van der Waals surface area (Å²) in [6.45, 7) is 2.00. The zero-order valence-electron chi connectivity index (χ0n) is 15.0. The van der Waals surface area contributed by atoms with Crippen LogP contribution in [0.15, 0.2) is 53.4 Å². The van der Waals surface area contributed by atoms with E-state index in [-0.39, 0.29) is 10.5 Å². The molecule has 8 heteroatoms. The van der Waals surface area contributed by atoms with E-state index in [2.05, 4.69) is 10.4 Å². The van der Waals surface area contributed by atoms with Gasteiger partial charge in [-0.25, -0.2) is 4.68 Å². The summed E-state index contributed by atoms with van der Waals surface area (Å²) in [6.07, 6.45) is 0. The van der Waals surface area contributed by atoms with Crippen LogP contribution in [-0.4, -0.2) is 21.4 Å². The number of carbonyl (C=O) groups is 1. The maximum absolute atomic E-state index is 12.9. The molecule has 0 saturated carbocycles. The molecule has 28 heavy (non-hydrogen) atoms. The van der Waals surface area contributed by atoms with E-state index in [1.807, 2.05) is 31.2 Å². The molecule has 0 spiro atoms. The van der Waals surface area contributed by atoms with Gasteiger partial charge in [-0.15, -0.1) is 0 Å². The molecule has 0 bridgehead atoms. The van der Waals surface area contributed by atoms with Crippen LogP contribution in [0, 0.1) is 6.92 Å². The molecule has 4 rings (SSSR count). The van der Waals surface area contributed by atoms with Gasteiger partial charge in [-0.1, -0.05) is 41.6 Å². The Kier molecular flexibility index (Phi) is 5.41. The third-order valence-corrected chi connectivity index (χ3v) is 6.17. The lowest BCUT2D eigenvalue weighted by Gasteiger charge is -2.13. The SMILES string of the molecule is Cc1ccc(-n2nc3c(c2NC(=O)c2ccccc2SC(F)F)CSC3)cc1. The molecular weight excluding hydrogens is 400 g/mol.